The van der Waals surface area contributed by atoms with Crippen molar-refractivity contribution < 1.29 is 48.1 Å². The third-order valence-electron chi connectivity index (χ3n) is 9.82. The standard InChI is InChI=1S/C44H49ClN10O10/c1-25(8-17-36(56)57)47-41(62)49-29-12-9-26(10-13-29)20-34(53-19-18-52(38(59)39(53)60)33-23-28(45)11-15-32(33)54-24-46-50-51-54)37(58)48-30-14-16-31-27(21-30)22-35(40(61)64-43(2,3)4)55(31)42(63)65-44(5,6)7/h9-16,21-25,34H,8,17-20H2,1-7H3,(H,48,58)(H,56,57)(H2,47,49,62)/t25-,34+/m1/s1. The van der Waals surface area contributed by atoms with Crippen LogP contribution in [0.15, 0.2) is 73.1 Å². The molecule has 6 rings (SSSR count). The molecule has 3 heterocycles. The SMILES string of the molecule is C[C@H](CCC(=O)O)NC(=O)Nc1ccc(C[C@@H](C(=O)Nc2ccc3c(c2)cc(C(=O)OC(C)(C)C)n3C(=O)OC(C)(C)C)N2CCN(c3cc(Cl)ccc3-n3cnnn3)C(=O)C2=O)cc1. The largest absolute Gasteiger partial charge is 0.481 e. The smallest absolute Gasteiger partial charge is 0.419 e. The Balaban J connectivity index is 1.30. The number of esters is 1. The van der Waals surface area contributed by atoms with Crippen LogP contribution >= 0.6 is 11.6 Å². The van der Waals surface area contributed by atoms with Crippen LogP contribution in [0.1, 0.15) is 77.4 Å². The van der Waals surface area contributed by atoms with Crippen molar-refractivity contribution in [3.05, 3.63) is 89.3 Å². The second-order valence-corrected chi connectivity index (χ2v) is 17.7. The number of benzene rings is 3. The van der Waals surface area contributed by atoms with Gasteiger partial charge in [0.15, 0.2) is 0 Å². The molecule has 2 aromatic heterocycles. The number of ether oxygens (including phenoxy) is 2. The number of hydrogen-bond donors (Lipinski definition) is 4. The van der Waals surface area contributed by atoms with Crippen LogP contribution in [0.2, 0.25) is 5.02 Å². The highest BCUT2D eigenvalue weighted by molar-refractivity contribution is 6.41. The van der Waals surface area contributed by atoms with Crippen LogP contribution in [-0.2, 0) is 35.1 Å². The van der Waals surface area contributed by atoms with Crippen LogP contribution in [0.3, 0.4) is 0 Å². The van der Waals surface area contributed by atoms with Crippen LogP contribution in [0.5, 0.6) is 0 Å². The number of nitrogens with one attached hydrogen (secondary N) is 3. The molecule has 20 nitrogen and oxygen atoms in total. The predicted octanol–water partition coefficient (Wildman–Crippen LogP) is 5.81. The Hall–Kier alpha value is -7.35. The number of carboxylic acid groups (broad SMARTS) is 1. The molecule has 1 fully saturated rings. The minimum Gasteiger partial charge on any atom is -0.481 e. The Labute approximate surface area is 378 Å². The summed E-state index contributed by atoms with van der Waals surface area (Å²) in [5.41, 5.74) is 0.276. The van der Waals surface area contributed by atoms with Gasteiger partial charge in [-0.3, -0.25) is 19.2 Å². The summed E-state index contributed by atoms with van der Waals surface area (Å²) in [5.74, 6) is -4.32. The summed E-state index contributed by atoms with van der Waals surface area (Å²) < 4.78 is 13.7. The number of halogens is 1. The second-order valence-electron chi connectivity index (χ2n) is 17.3. The second kappa shape index (κ2) is 19.2. The molecule has 0 aliphatic carbocycles. The van der Waals surface area contributed by atoms with E-state index in [1.165, 1.54) is 45.1 Å². The number of tetrazole rings is 1. The normalized spacial score (nSPS) is 14.2. The van der Waals surface area contributed by atoms with E-state index in [1.54, 1.807) is 90.9 Å². The quantitative estimate of drug-likeness (QED) is 0.0806. The van der Waals surface area contributed by atoms with E-state index in [-0.39, 0.29) is 54.4 Å². The predicted molar refractivity (Wildman–Crippen MR) is 238 cm³/mol. The Morgan fingerprint density at radius 1 is 0.831 bits per heavy atom. The van der Waals surface area contributed by atoms with Gasteiger partial charge < -0.3 is 40.3 Å². The fourth-order valence-corrected chi connectivity index (χ4v) is 7.12. The molecule has 0 spiro atoms. The van der Waals surface area contributed by atoms with Gasteiger partial charge in [-0.2, -0.15) is 4.68 Å². The zero-order chi connectivity index (χ0) is 47.4. The highest BCUT2D eigenvalue weighted by atomic mass is 35.5. The van der Waals surface area contributed by atoms with Gasteiger partial charge in [0.2, 0.25) is 5.91 Å². The van der Waals surface area contributed by atoms with E-state index in [1.807, 2.05) is 0 Å². The first-order valence-corrected chi connectivity index (χ1v) is 20.9. The number of rotatable bonds is 13. The number of urea groups is 1. The third kappa shape index (κ3) is 11.8. The van der Waals surface area contributed by atoms with Crippen LogP contribution in [0.25, 0.3) is 16.6 Å². The third-order valence-corrected chi connectivity index (χ3v) is 10.1. The number of carbonyl (C=O) groups is 7. The molecule has 1 aliphatic rings. The van der Waals surface area contributed by atoms with Crippen LogP contribution in [-0.4, -0.2) is 113 Å². The molecule has 2 atom stereocenters. The summed E-state index contributed by atoms with van der Waals surface area (Å²) in [7, 11) is 0. The topological polar surface area (TPSA) is 249 Å². The first kappa shape index (κ1) is 47.1. The summed E-state index contributed by atoms with van der Waals surface area (Å²) in [6, 6.07) is 15.1. The van der Waals surface area contributed by atoms with Gasteiger partial charge in [0.1, 0.15) is 29.3 Å². The molecule has 0 bridgehead atoms. The number of anilines is 3. The van der Waals surface area contributed by atoms with Crippen molar-refractivity contribution in [3.63, 3.8) is 0 Å². The number of nitrogens with zero attached hydrogens (tertiary/aromatic N) is 7. The minimum atomic E-state index is -1.26. The fraction of sp³-hybridized carbons (Fsp3) is 0.364. The van der Waals surface area contributed by atoms with Gasteiger partial charge >= 0.3 is 35.9 Å². The molecular formula is C44H49ClN10O10. The number of aliphatic carboxylic acids is 1. The molecule has 5 aromatic rings. The number of hydrogen-bond acceptors (Lipinski definition) is 12. The van der Waals surface area contributed by atoms with Gasteiger partial charge in [0, 0.05) is 53.8 Å². The van der Waals surface area contributed by atoms with E-state index < -0.39 is 65.1 Å². The van der Waals surface area contributed by atoms with E-state index in [9.17, 15) is 33.6 Å². The Bertz CT molecular complexity index is 2630. The van der Waals surface area contributed by atoms with Crippen LogP contribution < -0.4 is 20.9 Å². The lowest BCUT2D eigenvalue weighted by Gasteiger charge is -2.38. The van der Waals surface area contributed by atoms with E-state index >= 15 is 0 Å². The number of fused-ring (bicyclic) bond motifs is 1. The highest BCUT2D eigenvalue weighted by Crippen LogP contribution is 2.31. The zero-order valence-corrected chi connectivity index (χ0v) is 37.5. The zero-order valence-electron chi connectivity index (χ0n) is 36.7. The van der Waals surface area contributed by atoms with Gasteiger partial charge in [-0.25, -0.2) is 19.0 Å². The van der Waals surface area contributed by atoms with Crippen molar-refractivity contribution in [3.8, 4) is 5.69 Å². The minimum absolute atomic E-state index is 0.0374. The number of amides is 5. The number of piperazine rings is 1. The molecular weight excluding hydrogens is 864 g/mol. The average Bonchev–Trinajstić information content (AvgIpc) is 3.89. The van der Waals surface area contributed by atoms with E-state index in [0.717, 1.165) is 4.57 Å². The maximum absolute atomic E-state index is 14.5. The Morgan fingerprint density at radius 2 is 1.52 bits per heavy atom. The lowest BCUT2D eigenvalue weighted by Crippen LogP contribution is -2.60. The molecule has 0 saturated carbocycles. The molecule has 21 heteroatoms. The molecule has 1 saturated heterocycles. The van der Waals surface area contributed by atoms with Crippen molar-refractivity contribution in [2.24, 2.45) is 0 Å². The molecule has 1 aliphatic heterocycles. The number of carboxylic acids is 1. The highest BCUT2D eigenvalue weighted by Gasteiger charge is 2.41. The molecule has 0 unspecified atom stereocenters. The maximum Gasteiger partial charge on any atom is 0.419 e. The van der Waals surface area contributed by atoms with Gasteiger partial charge in [-0.05, 0) is 125 Å². The van der Waals surface area contributed by atoms with Gasteiger partial charge in [-0.15, -0.1) is 5.10 Å². The molecule has 4 N–H and O–H groups in total. The van der Waals surface area contributed by atoms with Crippen molar-refractivity contribution in [1.82, 2.24) is 35.0 Å². The van der Waals surface area contributed by atoms with Crippen molar-refractivity contribution in [2.45, 2.75) is 91.0 Å². The van der Waals surface area contributed by atoms with Gasteiger partial charge in [-0.1, -0.05) is 23.7 Å². The number of aromatic nitrogens is 5. The fourth-order valence-electron chi connectivity index (χ4n) is 6.95. The van der Waals surface area contributed by atoms with Gasteiger partial charge in [0.05, 0.1) is 16.9 Å². The lowest BCUT2D eigenvalue weighted by atomic mass is 10.0. The summed E-state index contributed by atoms with van der Waals surface area (Å²) >= 11 is 6.34. The van der Waals surface area contributed by atoms with E-state index in [0.29, 0.717) is 27.8 Å². The molecule has 0 radical (unpaired) electrons. The van der Waals surface area contributed by atoms with Crippen molar-refractivity contribution >= 4 is 81.4 Å². The first-order valence-electron chi connectivity index (χ1n) is 20.5. The monoisotopic (exact) mass is 912 g/mol. The summed E-state index contributed by atoms with van der Waals surface area (Å²) in [4.78, 5) is 95.5. The van der Waals surface area contributed by atoms with Crippen LogP contribution in [0.4, 0.5) is 26.7 Å². The summed E-state index contributed by atoms with van der Waals surface area (Å²) in [6.45, 7) is 11.7. The maximum atomic E-state index is 14.5. The summed E-state index contributed by atoms with van der Waals surface area (Å²) in [5, 5.41) is 29.1. The summed E-state index contributed by atoms with van der Waals surface area (Å²) in [6.07, 6.45) is 0.564. The van der Waals surface area contributed by atoms with E-state index in [2.05, 4.69) is 31.5 Å². The first-order chi connectivity index (χ1) is 30.6. The van der Waals surface area contributed by atoms with Crippen LogP contribution in [0, 0.1) is 0 Å². The molecule has 5 amide bonds. The molecule has 342 valence electrons. The Kier molecular flexibility index (Phi) is 13.9. The van der Waals surface area contributed by atoms with E-state index in [4.69, 9.17) is 26.2 Å². The molecule has 3 aromatic carbocycles. The van der Waals surface area contributed by atoms with Gasteiger partial charge in [0.25, 0.3) is 0 Å². The van der Waals surface area contributed by atoms with Crippen molar-refractivity contribution in [2.75, 3.05) is 28.6 Å². The molecule has 65 heavy (non-hydrogen) atoms. The van der Waals surface area contributed by atoms with Crippen molar-refractivity contribution in [1.29, 1.82) is 0 Å². The lowest BCUT2D eigenvalue weighted by molar-refractivity contribution is -0.149. The average molecular weight is 913 g/mol. The number of carbonyl (C=O) groups excluding carboxylic acids is 6. The Morgan fingerprint density at radius 3 is 2.17 bits per heavy atom.